The maximum absolute atomic E-state index is 13.0. The van der Waals surface area contributed by atoms with E-state index in [1.807, 2.05) is 37.3 Å². The monoisotopic (exact) mass is 475 g/mol. The van der Waals surface area contributed by atoms with E-state index in [2.05, 4.69) is 15.4 Å². The quantitative estimate of drug-likeness (QED) is 0.519. The average Bonchev–Trinajstić information content (AvgIpc) is 2.82. The lowest BCUT2D eigenvalue weighted by Gasteiger charge is -2.28. The molecule has 0 spiro atoms. The first-order valence-electron chi connectivity index (χ1n) is 11.1. The molecule has 7 nitrogen and oxygen atoms in total. The van der Waals surface area contributed by atoms with Crippen LogP contribution in [0.5, 0.6) is 0 Å². The molecule has 3 rings (SSSR count). The molecular weight excluding hydrogens is 445 g/mol. The minimum Gasteiger partial charge on any atom is -0.348 e. The zero-order chi connectivity index (χ0) is 23.8. The van der Waals surface area contributed by atoms with Crippen LogP contribution in [0.2, 0.25) is 0 Å². The molecule has 0 aromatic heterocycles. The molecule has 1 fully saturated rings. The number of sulfonamides is 1. The molecule has 1 atom stereocenters. The number of hydrogen-bond acceptors (Lipinski definition) is 4. The van der Waals surface area contributed by atoms with Crippen molar-refractivity contribution in [3.05, 3.63) is 66.0 Å². The summed E-state index contributed by atoms with van der Waals surface area (Å²) < 4.78 is 40.3. The molecule has 0 saturated heterocycles. The molecule has 178 valence electrons. The Morgan fingerprint density at radius 1 is 1.00 bits per heavy atom. The summed E-state index contributed by atoms with van der Waals surface area (Å²) in [5.41, 5.74) is 0.991. The zero-order valence-corrected chi connectivity index (χ0v) is 19.4. The number of carbonyl (C=O) groups excluding carboxylic acids is 2. The minimum atomic E-state index is -3.69. The summed E-state index contributed by atoms with van der Waals surface area (Å²) in [7, 11) is -3.69. The highest BCUT2D eigenvalue weighted by atomic mass is 32.2. The normalized spacial score (nSPS) is 19.5. The van der Waals surface area contributed by atoms with E-state index < -0.39 is 15.8 Å². The van der Waals surface area contributed by atoms with Gasteiger partial charge in [0.2, 0.25) is 21.8 Å². The number of amides is 2. The SMILES string of the molecule is C[C@H](NC(=O)CNC(=O)C1CCC(CNS(=O)(=O)c2ccc(F)cc2)CC1)c1ccccc1. The summed E-state index contributed by atoms with van der Waals surface area (Å²) in [6, 6.07) is 14.1. The molecule has 0 aliphatic heterocycles. The van der Waals surface area contributed by atoms with Crippen LogP contribution in [0.4, 0.5) is 4.39 Å². The minimum absolute atomic E-state index is 0.0248. The van der Waals surface area contributed by atoms with Gasteiger partial charge in [-0.1, -0.05) is 30.3 Å². The molecule has 0 bridgehead atoms. The Labute approximate surface area is 194 Å². The van der Waals surface area contributed by atoms with Crippen LogP contribution >= 0.6 is 0 Å². The lowest BCUT2D eigenvalue weighted by Crippen LogP contribution is -2.41. The number of rotatable bonds is 9. The van der Waals surface area contributed by atoms with E-state index in [9.17, 15) is 22.4 Å². The van der Waals surface area contributed by atoms with Crippen molar-refractivity contribution in [2.24, 2.45) is 11.8 Å². The molecule has 3 N–H and O–H groups in total. The highest BCUT2D eigenvalue weighted by molar-refractivity contribution is 7.89. The van der Waals surface area contributed by atoms with Gasteiger partial charge < -0.3 is 10.6 Å². The molecule has 0 heterocycles. The highest BCUT2D eigenvalue weighted by Gasteiger charge is 2.27. The van der Waals surface area contributed by atoms with E-state index >= 15 is 0 Å². The lowest BCUT2D eigenvalue weighted by molar-refractivity contribution is -0.129. The first kappa shape index (κ1) is 24.9. The summed E-state index contributed by atoms with van der Waals surface area (Å²) in [6.07, 6.45) is 2.69. The molecule has 2 aromatic carbocycles. The zero-order valence-electron chi connectivity index (χ0n) is 18.6. The number of hydrogen-bond donors (Lipinski definition) is 3. The fraction of sp³-hybridized carbons (Fsp3) is 0.417. The second-order valence-corrected chi connectivity index (χ2v) is 10.2. The number of halogens is 1. The van der Waals surface area contributed by atoms with Gasteiger partial charge in [0.05, 0.1) is 17.5 Å². The van der Waals surface area contributed by atoms with E-state index in [4.69, 9.17) is 0 Å². The predicted octanol–water partition coefficient (Wildman–Crippen LogP) is 2.90. The van der Waals surface area contributed by atoms with Gasteiger partial charge in [-0.3, -0.25) is 9.59 Å². The molecule has 0 unspecified atom stereocenters. The molecule has 2 amide bonds. The van der Waals surface area contributed by atoms with Crippen LogP contribution in [-0.4, -0.2) is 33.3 Å². The molecule has 1 saturated carbocycles. The van der Waals surface area contributed by atoms with Gasteiger partial charge >= 0.3 is 0 Å². The van der Waals surface area contributed by atoms with Crippen molar-refractivity contribution < 1.29 is 22.4 Å². The second-order valence-electron chi connectivity index (χ2n) is 8.44. The summed E-state index contributed by atoms with van der Waals surface area (Å²) in [4.78, 5) is 24.7. The topological polar surface area (TPSA) is 104 Å². The van der Waals surface area contributed by atoms with Gasteiger partial charge in [-0.2, -0.15) is 0 Å². The second kappa shape index (κ2) is 11.4. The van der Waals surface area contributed by atoms with Gasteiger partial charge in [0.25, 0.3) is 0 Å². The number of benzene rings is 2. The maximum atomic E-state index is 13.0. The van der Waals surface area contributed by atoms with Gasteiger partial charge in [0, 0.05) is 12.5 Å². The first-order chi connectivity index (χ1) is 15.7. The van der Waals surface area contributed by atoms with Crippen LogP contribution in [0.15, 0.2) is 59.5 Å². The molecule has 0 radical (unpaired) electrons. The van der Waals surface area contributed by atoms with Crippen molar-refractivity contribution in [3.63, 3.8) is 0 Å². The van der Waals surface area contributed by atoms with Gasteiger partial charge in [-0.05, 0) is 68.4 Å². The highest BCUT2D eigenvalue weighted by Crippen LogP contribution is 2.29. The van der Waals surface area contributed by atoms with Crippen molar-refractivity contribution in [2.75, 3.05) is 13.1 Å². The van der Waals surface area contributed by atoms with E-state index in [1.165, 1.54) is 12.1 Å². The first-order valence-corrected chi connectivity index (χ1v) is 12.6. The Kier molecular flexibility index (Phi) is 8.57. The third-order valence-electron chi connectivity index (χ3n) is 6.00. The lowest BCUT2D eigenvalue weighted by atomic mass is 9.81. The van der Waals surface area contributed by atoms with Crippen LogP contribution < -0.4 is 15.4 Å². The van der Waals surface area contributed by atoms with Crippen molar-refractivity contribution in [3.8, 4) is 0 Å². The van der Waals surface area contributed by atoms with E-state index in [0.717, 1.165) is 17.7 Å². The summed E-state index contributed by atoms with van der Waals surface area (Å²) in [5, 5.41) is 5.58. The third kappa shape index (κ3) is 7.36. The molecule has 1 aliphatic rings. The predicted molar refractivity (Wildman–Crippen MR) is 123 cm³/mol. The molecule has 9 heteroatoms. The van der Waals surface area contributed by atoms with E-state index in [0.29, 0.717) is 25.7 Å². The van der Waals surface area contributed by atoms with Crippen LogP contribution in [0, 0.1) is 17.7 Å². The largest absolute Gasteiger partial charge is 0.348 e. The standard InChI is InChI=1S/C24H30FN3O4S/c1-17(19-5-3-2-4-6-19)28-23(29)16-26-24(30)20-9-7-18(8-10-20)15-27-33(31,32)22-13-11-21(25)12-14-22/h2-6,11-14,17-18,20,27H,7-10,15-16H2,1H3,(H,26,30)(H,28,29)/t17-,18?,20?/m0/s1. The van der Waals surface area contributed by atoms with E-state index in [1.54, 1.807) is 0 Å². The van der Waals surface area contributed by atoms with Crippen LogP contribution in [-0.2, 0) is 19.6 Å². The maximum Gasteiger partial charge on any atom is 0.240 e. The van der Waals surface area contributed by atoms with Gasteiger partial charge in [-0.15, -0.1) is 0 Å². The van der Waals surface area contributed by atoms with Crippen LogP contribution in [0.1, 0.15) is 44.2 Å². The summed E-state index contributed by atoms with van der Waals surface area (Å²) >= 11 is 0. The van der Waals surface area contributed by atoms with Gasteiger partial charge in [0.1, 0.15) is 5.82 Å². The van der Waals surface area contributed by atoms with E-state index in [-0.39, 0.29) is 47.7 Å². The Morgan fingerprint density at radius 2 is 1.64 bits per heavy atom. The fourth-order valence-electron chi connectivity index (χ4n) is 3.98. The smallest absolute Gasteiger partial charge is 0.240 e. The van der Waals surface area contributed by atoms with Crippen molar-refractivity contribution in [2.45, 2.75) is 43.5 Å². The molecule has 1 aliphatic carbocycles. The van der Waals surface area contributed by atoms with Gasteiger partial charge in [-0.25, -0.2) is 17.5 Å². The van der Waals surface area contributed by atoms with Crippen LogP contribution in [0.25, 0.3) is 0 Å². The third-order valence-corrected chi connectivity index (χ3v) is 7.44. The Balaban J connectivity index is 1.37. The average molecular weight is 476 g/mol. The van der Waals surface area contributed by atoms with Crippen molar-refractivity contribution >= 4 is 21.8 Å². The Morgan fingerprint density at radius 3 is 2.27 bits per heavy atom. The van der Waals surface area contributed by atoms with Crippen molar-refractivity contribution in [1.29, 1.82) is 0 Å². The molecule has 33 heavy (non-hydrogen) atoms. The Bertz CT molecular complexity index is 1040. The van der Waals surface area contributed by atoms with Gasteiger partial charge in [0.15, 0.2) is 0 Å². The fourth-order valence-corrected chi connectivity index (χ4v) is 5.10. The molecule has 2 aromatic rings. The van der Waals surface area contributed by atoms with Crippen LogP contribution in [0.3, 0.4) is 0 Å². The van der Waals surface area contributed by atoms with Crippen molar-refractivity contribution in [1.82, 2.24) is 15.4 Å². The summed E-state index contributed by atoms with van der Waals surface area (Å²) in [5.74, 6) is -0.950. The number of carbonyl (C=O) groups is 2. The summed E-state index contributed by atoms with van der Waals surface area (Å²) in [6.45, 7) is 2.09. The Hall–Kier alpha value is -2.78. The molecular formula is C24H30FN3O4S. The number of nitrogens with one attached hydrogen (secondary N) is 3.